The zero-order chi connectivity index (χ0) is 10.4. The van der Waals surface area contributed by atoms with Gasteiger partial charge in [-0.2, -0.15) is 11.8 Å². The molecule has 1 unspecified atom stereocenters. The zero-order valence-electron chi connectivity index (χ0n) is 9.08. The smallest absolute Gasteiger partial charge is 0.126 e. The fourth-order valence-corrected chi connectivity index (χ4v) is 1.76. The highest BCUT2D eigenvalue weighted by Crippen LogP contribution is 2.08. The van der Waals surface area contributed by atoms with E-state index in [1.54, 1.807) is 0 Å². The minimum atomic E-state index is 0.498. The minimum absolute atomic E-state index is 0.498. The highest BCUT2D eigenvalue weighted by atomic mass is 32.2. The number of aromatic nitrogens is 1. The molecule has 14 heavy (non-hydrogen) atoms. The van der Waals surface area contributed by atoms with Gasteiger partial charge in [0.1, 0.15) is 5.82 Å². The van der Waals surface area contributed by atoms with E-state index in [1.807, 2.05) is 30.9 Å². The van der Waals surface area contributed by atoms with Crippen molar-refractivity contribution in [2.24, 2.45) is 0 Å². The van der Waals surface area contributed by atoms with Crippen LogP contribution in [0.4, 0.5) is 5.82 Å². The summed E-state index contributed by atoms with van der Waals surface area (Å²) in [5.41, 5.74) is 1.20. The van der Waals surface area contributed by atoms with Crippen molar-refractivity contribution in [2.45, 2.75) is 26.3 Å². The first-order chi connectivity index (χ1) is 6.72. The van der Waals surface area contributed by atoms with E-state index in [0.717, 1.165) is 5.82 Å². The quantitative estimate of drug-likeness (QED) is 0.809. The standard InChI is InChI=1S/C11H18N2S/c1-9-4-5-11(12-8-9)13-10(2)6-7-14-3/h4-5,8,10H,6-7H2,1-3H3,(H,12,13). The lowest BCUT2D eigenvalue weighted by molar-refractivity contribution is 0.767. The second kappa shape index (κ2) is 5.91. The molecule has 0 amide bonds. The highest BCUT2D eigenvalue weighted by Gasteiger charge is 2.01. The second-order valence-corrected chi connectivity index (χ2v) is 4.53. The topological polar surface area (TPSA) is 24.9 Å². The zero-order valence-corrected chi connectivity index (χ0v) is 9.90. The van der Waals surface area contributed by atoms with Crippen LogP contribution >= 0.6 is 11.8 Å². The van der Waals surface area contributed by atoms with Crippen molar-refractivity contribution < 1.29 is 0 Å². The van der Waals surface area contributed by atoms with Crippen LogP contribution in [0.15, 0.2) is 18.3 Å². The van der Waals surface area contributed by atoms with Crippen LogP contribution in [-0.2, 0) is 0 Å². The molecule has 0 spiro atoms. The van der Waals surface area contributed by atoms with Crippen LogP contribution in [0, 0.1) is 6.92 Å². The Morgan fingerprint density at radius 3 is 2.86 bits per heavy atom. The summed E-state index contributed by atoms with van der Waals surface area (Å²) in [6, 6.07) is 4.61. The average Bonchev–Trinajstić information content (AvgIpc) is 2.18. The van der Waals surface area contributed by atoms with E-state index in [2.05, 4.69) is 29.5 Å². The molecule has 0 aliphatic rings. The fraction of sp³-hybridized carbons (Fsp3) is 0.545. The van der Waals surface area contributed by atoms with Gasteiger partial charge in [-0.05, 0) is 43.9 Å². The van der Waals surface area contributed by atoms with E-state index in [0.29, 0.717) is 6.04 Å². The molecule has 0 aromatic carbocycles. The number of nitrogens with one attached hydrogen (secondary N) is 1. The molecule has 1 atom stereocenters. The van der Waals surface area contributed by atoms with Gasteiger partial charge in [0.15, 0.2) is 0 Å². The third-order valence-electron chi connectivity index (χ3n) is 2.06. The van der Waals surface area contributed by atoms with Crippen LogP contribution in [0.5, 0.6) is 0 Å². The number of hydrogen-bond donors (Lipinski definition) is 1. The van der Waals surface area contributed by atoms with Gasteiger partial charge in [-0.3, -0.25) is 0 Å². The maximum Gasteiger partial charge on any atom is 0.126 e. The number of rotatable bonds is 5. The molecule has 3 heteroatoms. The molecular formula is C11H18N2S. The highest BCUT2D eigenvalue weighted by molar-refractivity contribution is 7.98. The first-order valence-corrected chi connectivity index (χ1v) is 6.30. The molecule has 1 rings (SSSR count). The molecule has 0 saturated carbocycles. The lowest BCUT2D eigenvalue weighted by Gasteiger charge is -2.13. The predicted molar refractivity (Wildman–Crippen MR) is 65.1 cm³/mol. The van der Waals surface area contributed by atoms with Gasteiger partial charge in [0.2, 0.25) is 0 Å². The molecule has 1 aromatic heterocycles. The Kier molecular flexibility index (Phi) is 4.80. The largest absolute Gasteiger partial charge is 0.368 e. The Hall–Kier alpha value is -0.700. The van der Waals surface area contributed by atoms with Gasteiger partial charge < -0.3 is 5.32 Å². The molecule has 78 valence electrons. The maximum absolute atomic E-state index is 4.31. The van der Waals surface area contributed by atoms with Crippen molar-refractivity contribution in [3.63, 3.8) is 0 Å². The third kappa shape index (κ3) is 4.01. The molecule has 2 nitrogen and oxygen atoms in total. The van der Waals surface area contributed by atoms with Crippen LogP contribution in [0.3, 0.4) is 0 Å². The van der Waals surface area contributed by atoms with Crippen LogP contribution in [0.25, 0.3) is 0 Å². The number of anilines is 1. The van der Waals surface area contributed by atoms with Gasteiger partial charge in [0.25, 0.3) is 0 Å². The van der Waals surface area contributed by atoms with Gasteiger partial charge in [-0.25, -0.2) is 4.98 Å². The number of hydrogen-bond acceptors (Lipinski definition) is 3. The number of nitrogens with zero attached hydrogens (tertiary/aromatic N) is 1. The normalized spacial score (nSPS) is 12.5. The van der Waals surface area contributed by atoms with E-state index in [9.17, 15) is 0 Å². The molecule has 0 aliphatic heterocycles. The monoisotopic (exact) mass is 210 g/mol. The summed E-state index contributed by atoms with van der Waals surface area (Å²) in [5.74, 6) is 2.17. The Bertz CT molecular complexity index is 258. The van der Waals surface area contributed by atoms with Crippen molar-refractivity contribution >= 4 is 17.6 Å². The molecule has 0 saturated heterocycles. The van der Waals surface area contributed by atoms with Crippen LogP contribution in [0.1, 0.15) is 18.9 Å². The Morgan fingerprint density at radius 2 is 2.29 bits per heavy atom. The predicted octanol–water partition coefficient (Wildman–Crippen LogP) is 2.94. The molecule has 0 fully saturated rings. The van der Waals surface area contributed by atoms with Gasteiger partial charge in [-0.15, -0.1) is 0 Å². The molecule has 0 bridgehead atoms. The van der Waals surface area contributed by atoms with E-state index in [1.165, 1.54) is 17.7 Å². The van der Waals surface area contributed by atoms with Crippen LogP contribution < -0.4 is 5.32 Å². The van der Waals surface area contributed by atoms with Gasteiger partial charge >= 0.3 is 0 Å². The van der Waals surface area contributed by atoms with Gasteiger partial charge in [0, 0.05) is 12.2 Å². The number of thioether (sulfide) groups is 1. The summed E-state index contributed by atoms with van der Waals surface area (Å²) < 4.78 is 0. The number of aryl methyl sites for hydroxylation is 1. The summed E-state index contributed by atoms with van der Waals surface area (Å²) in [5, 5.41) is 3.38. The van der Waals surface area contributed by atoms with Crippen molar-refractivity contribution in [3.05, 3.63) is 23.9 Å². The maximum atomic E-state index is 4.31. The molecular weight excluding hydrogens is 192 g/mol. The van der Waals surface area contributed by atoms with Crippen molar-refractivity contribution in [2.75, 3.05) is 17.3 Å². The SMILES string of the molecule is CSCCC(C)Nc1ccc(C)cn1. The molecule has 1 N–H and O–H groups in total. The first kappa shape index (κ1) is 11.4. The lowest BCUT2D eigenvalue weighted by Crippen LogP contribution is -2.16. The first-order valence-electron chi connectivity index (χ1n) is 4.90. The van der Waals surface area contributed by atoms with Gasteiger partial charge in [-0.1, -0.05) is 6.07 Å². The number of pyridine rings is 1. The molecule has 0 radical (unpaired) electrons. The Morgan fingerprint density at radius 1 is 1.50 bits per heavy atom. The molecule has 1 aromatic rings. The third-order valence-corrected chi connectivity index (χ3v) is 2.70. The minimum Gasteiger partial charge on any atom is -0.368 e. The fourth-order valence-electron chi connectivity index (χ4n) is 1.17. The van der Waals surface area contributed by atoms with E-state index in [4.69, 9.17) is 0 Å². The van der Waals surface area contributed by atoms with Gasteiger partial charge in [0.05, 0.1) is 0 Å². The Labute approximate surface area is 90.5 Å². The van der Waals surface area contributed by atoms with E-state index in [-0.39, 0.29) is 0 Å². The summed E-state index contributed by atoms with van der Waals surface area (Å²) in [6.45, 7) is 4.24. The summed E-state index contributed by atoms with van der Waals surface area (Å²) in [6.07, 6.45) is 5.21. The summed E-state index contributed by atoms with van der Waals surface area (Å²) in [7, 11) is 0. The summed E-state index contributed by atoms with van der Waals surface area (Å²) in [4.78, 5) is 4.31. The van der Waals surface area contributed by atoms with Crippen LogP contribution in [-0.4, -0.2) is 23.0 Å². The lowest BCUT2D eigenvalue weighted by atomic mass is 10.2. The van der Waals surface area contributed by atoms with Crippen molar-refractivity contribution in [1.82, 2.24) is 4.98 Å². The van der Waals surface area contributed by atoms with E-state index < -0.39 is 0 Å². The van der Waals surface area contributed by atoms with E-state index >= 15 is 0 Å². The summed E-state index contributed by atoms with van der Waals surface area (Å²) >= 11 is 1.88. The Balaban J connectivity index is 2.39. The second-order valence-electron chi connectivity index (χ2n) is 3.55. The van der Waals surface area contributed by atoms with Crippen molar-refractivity contribution in [1.29, 1.82) is 0 Å². The van der Waals surface area contributed by atoms with Crippen LogP contribution in [0.2, 0.25) is 0 Å². The average molecular weight is 210 g/mol. The molecule has 0 aliphatic carbocycles. The van der Waals surface area contributed by atoms with Crippen molar-refractivity contribution in [3.8, 4) is 0 Å². The molecule has 1 heterocycles.